The molecular weight excluding hydrogens is 370 g/mol. The minimum absolute atomic E-state index is 0.0370. The second-order valence-electron chi connectivity index (χ2n) is 7.08. The van der Waals surface area contributed by atoms with Gasteiger partial charge in [0, 0.05) is 12.2 Å². The van der Waals surface area contributed by atoms with Crippen molar-refractivity contribution in [1.82, 2.24) is 5.32 Å². The van der Waals surface area contributed by atoms with Crippen LogP contribution >= 0.6 is 0 Å². The number of quaternary nitrogens is 1. The average Bonchev–Trinajstić information content (AvgIpc) is 2.78. The molecule has 0 atom stereocenters. The second kappa shape index (κ2) is 9.93. The van der Waals surface area contributed by atoms with E-state index in [4.69, 9.17) is 4.74 Å². The fraction of sp³-hybridized carbons (Fsp3) is 0.364. The number of hydrogen-bond acceptors (Lipinski definition) is 5. The molecule has 1 heterocycles. The van der Waals surface area contributed by atoms with E-state index in [9.17, 15) is 9.59 Å². The monoisotopic (exact) mass is 398 g/mol. The molecule has 0 unspecified atom stereocenters. The Hall–Kier alpha value is -3.06. The van der Waals surface area contributed by atoms with Crippen molar-refractivity contribution in [3.63, 3.8) is 0 Å². The van der Waals surface area contributed by atoms with Crippen LogP contribution in [0, 0.1) is 0 Å². The molecule has 3 rings (SSSR count). The number of nitrogens with zero attached hydrogens (tertiary/aromatic N) is 1. The molecule has 1 amide bonds. The molecule has 154 valence electrons. The van der Waals surface area contributed by atoms with Gasteiger partial charge in [-0.15, -0.1) is 0 Å². The first-order chi connectivity index (χ1) is 14.1. The van der Waals surface area contributed by atoms with E-state index in [0.717, 1.165) is 37.5 Å². The summed E-state index contributed by atoms with van der Waals surface area (Å²) in [5.74, 6) is 0.530. The van der Waals surface area contributed by atoms with Crippen LogP contribution in [0.4, 0.5) is 5.69 Å². The zero-order chi connectivity index (χ0) is 20.6. The van der Waals surface area contributed by atoms with Crippen molar-refractivity contribution >= 4 is 17.6 Å². The van der Waals surface area contributed by atoms with Crippen molar-refractivity contribution in [2.75, 3.05) is 51.8 Å². The number of carbonyl (C=O) groups excluding carboxylic acids is 2. The summed E-state index contributed by atoms with van der Waals surface area (Å²) in [6, 6.07) is 15.2. The van der Waals surface area contributed by atoms with Gasteiger partial charge in [-0.05, 0) is 42.0 Å². The predicted molar refractivity (Wildman–Crippen MR) is 110 cm³/mol. The van der Waals surface area contributed by atoms with E-state index in [1.54, 1.807) is 19.2 Å². The Bertz CT molecular complexity index is 813. The van der Waals surface area contributed by atoms with Gasteiger partial charge in [0.1, 0.15) is 5.75 Å². The molecule has 0 bridgehead atoms. The highest BCUT2D eigenvalue weighted by Gasteiger charge is 2.22. The first kappa shape index (κ1) is 20.7. The number of amides is 1. The molecule has 29 heavy (non-hydrogen) atoms. The summed E-state index contributed by atoms with van der Waals surface area (Å²) in [7, 11) is 3.02. The largest absolute Gasteiger partial charge is 0.497 e. The van der Waals surface area contributed by atoms with Crippen molar-refractivity contribution in [2.24, 2.45) is 0 Å². The van der Waals surface area contributed by atoms with Crippen LogP contribution in [0.3, 0.4) is 0 Å². The van der Waals surface area contributed by atoms with Crippen LogP contribution in [0.1, 0.15) is 15.9 Å². The molecule has 1 aliphatic rings. The summed E-state index contributed by atoms with van der Waals surface area (Å²) in [5, 5.41) is 2.96. The Balaban J connectivity index is 1.40. The number of piperazine rings is 1. The average molecular weight is 398 g/mol. The van der Waals surface area contributed by atoms with Gasteiger partial charge >= 0.3 is 5.97 Å². The Morgan fingerprint density at radius 1 is 1.00 bits per heavy atom. The molecule has 2 aromatic carbocycles. The van der Waals surface area contributed by atoms with Crippen molar-refractivity contribution in [3.8, 4) is 5.75 Å². The van der Waals surface area contributed by atoms with Gasteiger partial charge in [0.05, 0.1) is 46.0 Å². The van der Waals surface area contributed by atoms with E-state index in [0.29, 0.717) is 18.7 Å². The lowest BCUT2D eigenvalue weighted by atomic mass is 10.1. The van der Waals surface area contributed by atoms with Crippen LogP contribution in [0.15, 0.2) is 48.5 Å². The quantitative estimate of drug-likeness (QED) is 0.665. The number of anilines is 1. The van der Waals surface area contributed by atoms with Gasteiger partial charge < -0.3 is 24.6 Å². The lowest BCUT2D eigenvalue weighted by molar-refractivity contribution is -0.892. The Labute approximate surface area is 171 Å². The molecule has 7 nitrogen and oxygen atoms in total. The van der Waals surface area contributed by atoms with Crippen LogP contribution in [-0.2, 0) is 16.1 Å². The summed E-state index contributed by atoms with van der Waals surface area (Å²) in [4.78, 5) is 27.4. The maximum atomic E-state index is 12.3. The normalized spacial score (nSPS) is 14.3. The summed E-state index contributed by atoms with van der Waals surface area (Å²) in [6.45, 7) is 4.61. The third kappa shape index (κ3) is 5.71. The first-order valence-corrected chi connectivity index (χ1v) is 9.75. The van der Waals surface area contributed by atoms with Gasteiger partial charge in [0.2, 0.25) is 0 Å². The van der Waals surface area contributed by atoms with E-state index in [1.807, 2.05) is 24.3 Å². The number of ether oxygens (including phenoxy) is 2. The van der Waals surface area contributed by atoms with Crippen molar-refractivity contribution in [3.05, 3.63) is 59.7 Å². The Morgan fingerprint density at radius 3 is 2.24 bits per heavy atom. The number of esters is 1. The van der Waals surface area contributed by atoms with E-state index in [-0.39, 0.29) is 11.9 Å². The first-order valence-electron chi connectivity index (χ1n) is 9.75. The molecule has 1 saturated heterocycles. The maximum Gasteiger partial charge on any atom is 0.337 e. The lowest BCUT2D eigenvalue weighted by Crippen LogP contribution is -3.15. The fourth-order valence-corrected chi connectivity index (χ4v) is 3.42. The van der Waals surface area contributed by atoms with Crippen LogP contribution in [0.25, 0.3) is 0 Å². The third-order valence-electron chi connectivity index (χ3n) is 5.18. The summed E-state index contributed by atoms with van der Waals surface area (Å²) in [5.41, 5.74) is 2.64. The van der Waals surface area contributed by atoms with Gasteiger partial charge in [-0.3, -0.25) is 4.79 Å². The highest BCUT2D eigenvalue weighted by atomic mass is 16.5. The molecule has 0 aliphatic carbocycles. The zero-order valence-corrected chi connectivity index (χ0v) is 16.9. The summed E-state index contributed by atoms with van der Waals surface area (Å²) < 4.78 is 9.89. The number of rotatable bonds is 7. The second-order valence-corrected chi connectivity index (χ2v) is 7.08. The third-order valence-corrected chi connectivity index (χ3v) is 5.18. The number of methoxy groups -OCH3 is 2. The van der Waals surface area contributed by atoms with E-state index >= 15 is 0 Å². The molecule has 0 spiro atoms. The molecular formula is C22H28N3O4+. The number of carbonyl (C=O) groups is 2. The fourth-order valence-electron chi connectivity index (χ4n) is 3.42. The molecule has 0 aromatic heterocycles. The van der Waals surface area contributed by atoms with E-state index < -0.39 is 0 Å². The van der Waals surface area contributed by atoms with Gasteiger partial charge in [0.15, 0.2) is 6.54 Å². The lowest BCUT2D eigenvalue weighted by Gasteiger charge is -2.33. The van der Waals surface area contributed by atoms with E-state index in [2.05, 4.69) is 27.1 Å². The van der Waals surface area contributed by atoms with Gasteiger partial charge in [0.25, 0.3) is 5.91 Å². The number of nitrogens with one attached hydrogen (secondary N) is 2. The van der Waals surface area contributed by atoms with E-state index in [1.165, 1.54) is 17.7 Å². The number of benzene rings is 2. The highest BCUT2D eigenvalue weighted by Crippen LogP contribution is 2.18. The maximum absolute atomic E-state index is 12.3. The van der Waals surface area contributed by atoms with Crippen molar-refractivity contribution in [1.29, 1.82) is 0 Å². The van der Waals surface area contributed by atoms with Crippen LogP contribution in [-0.4, -0.2) is 58.8 Å². The Morgan fingerprint density at radius 2 is 1.66 bits per heavy atom. The highest BCUT2D eigenvalue weighted by molar-refractivity contribution is 5.89. The van der Waals surface area contributed by atoms with Gasteiger partial charge in [-0.25, -0.2) is 4.79 Å². The Kier molecular flexibility index (Phi) is 7.08. The number of hydrogen-bond donors (Lipinski definition) is 2. The van der Waals surface area contributed by atoms with Crippen molar-refractivity contribution < 1.29 is 24.0 Å². The van der Waals surface area contributed by atoms with Gasteiger partial charge in [-0.2, -0.15) is 0 Å². The van der Waals surface area contributed by atoms with Crippen LogP contribution in [0.5, 0.6) is 5.75 Å². The molecule has 0 radical (unpaired) electrons. The minimum atomic E-state index is -0.363. The van der Waals surface area contributed by atoms with Crippen LogP contribution in [0.2, 0.25) is 0 Å². The smallest absolute Gasteiger partial charge is 0.337 e. The molecule has 2 N–H and O–H groups in total. The van der Waals surface area contributed by atoms with Crippen molar-refractivity contribution in [2.45, 2.75) is 6.54 Å². The molecule has 0 saturated carbocycles. The van der Waals surface area contributed by atoms with Crippen LogP contribution < -0.4 is 19.9 Å². The zero-order valence-electron chi connectivity index (χ0n) is 16.9. The molecule has 1 aliphatic heterocycles. The minimum Gasteiger partial charge on any atom is -0.497 e. The summed E-state index contributed by atoms with van der Waals surface area (Å²) >= 11 is 0. The summed E-state index contributed by atoms with van der Waals surface area (Å²) in [6.07, 6.45) is 0. The standard InChI is InChI=1S/C22H27N3O4/c1-28-20-9-7-19(8-10-20)25-13-11-24(12-14-25)16-21(26)23-15-17-3-5-18(6-4-17)22(27)29-2/h3-10H,11-16H2,1-2H3,(H,23,26)/p+1. The molecule has 2 aromatic rings. The molecule has 7 heteroatoms. The SMILES string of the molecule is COC(=O)c1ccc(CNC(=O)C[NH+]2CCN(c3ccc(OC)cc3)CC2)cc1. The topological polar surface area (TPSA) is 72.3 Å². The predicted octanol–water partition coefficient (Wildman–Crippen LogP) is 0.503. The molecule has 1 fully saturated rings. The van der Waals surface area contributed by atoms with Gasteiger partial charge in [-0.1, -0.05) is 12.1 Å².